The van der Waals surface area contributed by atoms with Gasteiger partial charge in [-0.3, -0.25) is 0 Å². The Morgan fingerprint density at radius 1 is 0.667 bits per heavy atom. The highest BCUT2D eigenvalue weighted by Gasteiger charge is 2.18. The molecule has 1 aromatic heterocycles. The minimum absolute atomic E-state index is 0.0853. The number of aromatic nitrogens is 1. The molecule has 1 nitrogen and oxygen atoms in total. The van der Waals surface area contributed by atoms with Crippen molar-refractivity contribution >= 4 is 34.1 Å². The predicted octanol–water partition coefficient (Wildman–Crippen LogP) is 6.59. The summed E-state index contributed by atoms with van der Waals surface area (Å²) in [6.45, 7) is 0. The van der Waals surface area contributed by atoms with E-state index in [2.05, 4.69) is 65.4 Å². The maximum absolute atomic E-state index is 6.27. The summed E-state index contributed by atoms with van der Waals surface area (Å²) >= 11 is 12.4. The molecule has 0 unspecified atom stereocenters. The van der Waals surface area contributed by atoms with E-state index in [0.717, 1.165) is 10.9 Å². The third-order valence-electron chi connectivity index (χ3n) is 4.27. The molecule has 118 valence electrons. The largest absolute Gasteiger partial charge is 0.336 e. The van der Waals surface area contributed by atoms with E-state index in [-0.39, 0.29) is 6.04 Å². The molecule has 0 amide bonds. The lowest BCUT2D eigenvalue weighted by atomic mass is 9.98. The van der Waals surface area contributed by atoms with Gasteiger partial charge in [-0.1, -0.05) is 83.9 Å². The normalized spacial score (nSPS) is 11.3. The van der Waals surface area contributed by atoms with Gasteiger partial charge < -0.3 is 4.57 Å². The molecule has 4 aromatic rings. The number of hydrogen-bond acceptors (Lipinski definition) is 0. The summed E-state index contributed by atoms with van der Waals surface area (Å²) in [4.78, 5) is 0. The fourth-order valence-electron chi connectivity index (χ4n) is 3.16. The lowest BCUT2D eigenvalue weighted by Crippen LogP contribution is -2.11. The van der Waals surface area contributed by atoms with Gasteiger partial charge in [0.1, 0.15) is 0 Å². The first-order valence-electron chi connectivity index (χ1n) is 7.79. The van der Waals surface area contributed by atoms with E-state index < -0.39 is 0 Å². The molecule has 0 atom stereocenters. The molecule has 0 N–H and O–H groups in total. The molecule has 0 aliphatic rings. The number of rotatable bonds is 3. The van der Waals surface area contributed by atoms with Crippen LogP contribution in [-0.4, -0.2) is 4.57 Å². The highest BCUT2D eigenvalue weighted by Crippen LogP contribution is 2.34. The summed E-state index contributed by atoms with van der Waals surface area (Å²) in [5.41, 5.74) is 3.53. The van der Waals surface area contributed by atoms with E-state index in [0.29, 0.717) is 10.0 Å². The van der Waals surface area contributed by atoms with Crippen molar-refractivity contribution in [1.29, 1.82) is 0 Å². The summed E-state index contributed by atoms with van der Waals surface area (Å²) in [5.74, 6) is 0. The maximum atomic E-state index is 6.27. The summed E-state index contributed by atoms with van der Waals surface area (Å²) in [6, 6.07) is 27.0. The van der Waals surface area contributed by atoms with Gasteiger partial charge in [-0.15, -0.1) is 0 Å². The Morgan fingerprint density at radius 2 is 1.21 bits per heavy atom. The summed E-state index contributed by atoms with van der Waals surface area (Å²) in [5, 5.41) is 2.24. The van der Waals surface area contributed by atoms with Crippen LogP contribution in [0.1, 0.15) is 17.2 Å². The van der Waals surface area contributed by atoms with Crippen LogP contribution < -0.4 is 0 Å². The monoisotopic (exact) mass is 351 g/mol. The number of hydrogen-bond donors (Lipinski definition) is 0. The quantitative estimate of drug-likeness (QED) is 0.392. The summed E-state index contributed by atoms with van der Waals surface area (Å²) < 4.78 is 2.25. The predicted molar refractivity (Wildman–Crippen MR) is 102 cm³/mol. The topological polar surface area (TPSA) is 4.93 Å². The number of halogens is 2. The number of benzene rings is 3. The zero-order valence-corrected chi connectivity index (χ0v) is 14.4. The van der Waals surface area contributed by atoms with Crippen molar-refractivity contribution < 1.29 is 0 Å². The molecule has 24 heavy (non-hydrogen) atoms. The third-order valence-corrected chi connectivity index (χ3v) is 4.99. The zero-order valence-electron chi connectivity index (χ0n) is 12.9. The van der Waals surface area contributed by atoms with Crippen molar-refractivity contribution in [2.45, 2.75) is 6.04 Å². The van der Waals surface area contributed by atoms with E-state index in [1.165, 1.54) is 11.1 Å². The average Bonchev–Trinajstić information content (AvgIpc) is 3.00. The van der Waals surface area contributed by atoms with Gasteiger partial charge >= 0.3 is 0 Å². The van der Waals surface area contributed by atoms with Gasteiger partial charge in [0.2, 0.25) is 0 Å². The van der Waals surface area contributed by atoms with Gasteiger partial charge in [0.05, 0.1) is 21.6 Å². The lowest BCUT2D eigenvalue weighted by Gasteiger charge is -2.21. The molecule has 4 rings (SSSR count). The van der Waals surface area contributed by atoms with Crippen LogP contribution >= 0.6 is 23.2 Å². The Labute approximate surface area is 151 Å². The van der Waals surface area contributed by atoms with Crippen molar-refractivity contribution in [3.63, 3.8) is 0 Å². The van der Waals surface area contributed by atoms with Crippen LogP contribution in [0.5, 0.6) is 0 Å². The second kappa shape index (κ2) is 6.35. The Hall–Kier alpha value is -2.22. The molecular weight excluding hydrogens is 337 g/mol. The minimum Gasteiger partial charge on any atom is -0.336 e. The standard InChI is InChI=1S/C21H15Cl2N/c22-18-13-17-11-12-24(20(17)14-19(18)23)21(15-7-3-1-4-8-15)16-9-5-2-6-10-16/h1-14,21H. The fourth-order valence-corrected chi connectivity index (χ4v) is 3.49. The van der Waals surface area contributed by atoms with Gasteiger partial charge in [-0.25, -0.2) is 0 Å². The van der Waals surface area contributed by atoms with E-state index in [1.807, 2.05) is 24.3 Å². The second-order valence-electron chi connectivity index (χ2n) is 5.77. The minimum atomic E-state index is 0.0853. The lowest BCUT2D eigenvalue weighted by molar-refractivity contribution is 0.705. The van der Waals surface area contributed by atoms with Crippen LogP contribution in [0.4, 0.5) is 0 Å². The van der Waals surface area contributed by atoms with Crippen LogP contribution in [0.15, 0.2) is 85.1 Å². The van der Waals surface area contributed by atoms with Gasteiger partial charge in [0, 0.05) is 11.6 Å². The van der Waals surface area contributed by atoms with Crippen molar-refractivity contribution in [2.75, 3.05) is 0 Å². The van der Waals surface area contributed by atoms with E-state index in [9.17, 15) is 0 Å². The molecule has 0 saturated carbocycles. The molecule has 3 aromatic carbocycles. The second-order valence-corrected chi connectivity index (χ2v) is 6.59. The zero-order chi connectivity index (χ0) is 16.5. The van der Waals surface area contributed by atoms with Crippen LogP contribution in [0.25, 0.3) is 10.9 Å². The molecule has 0 fully saturated rings. The Morgan fingerprint density at radius 3 is 1.79 bits per heavy atom. The fraction of sp³-hybridized carbons (Fsp3) is 0.0476. The van der Waals surface area contributed by atoms with Gasteiger partial charge in [-0.05, 0) is 29.3 Å². The molecule has 1 heterocycles. The third kappa shape index (κ3) is 2.71. The average molecular weight is 352 g/mol. The van der Waals surface area contributed by atoms with Crippen molar-refractivity contribution in [2.24, 2.45) is 0 Å². The number of nitrogens with zero attached hydrogens (tertiary/aromatic N) is 1. The maximum Gasteiger partial charge on any atom is 0.0839 e. The van der Waals surface area contributed by atoms with Crippen LogP contribution in [-0.2, 0) is 0 Å². The first-order chi connectivity index (χ1) is 11.7. The Kier molecular flexibility index (Phi) is 4.05. The summed E-state index contributed by atoms with van der Waals surface area (Å²) in [7, 11) is 0. The Balaban J connectivity index is 1.96. The highest BCUT2D eigenvalue weighted by atomic mass is 35.5. The summed E-state index contributed by atoms with van der Waals surface area (Å²) in [6.07, 6.45) is 2.10. The van der Waals surface area contributed by atoms with E-state index >= 15 is 0 Å². The molecule has 3 heteroatoms. The van der Waals surface area contributed by atoms with E-state index in [4.69, 9.17) is 23.2 Å². The smallest absolute Gasteiger partial charge is 0.0839 e. The van der Waals surface area contributed by atoms with E-state index in [1.54, 1.807) is 0 Å². The molecule has 0 radical (unpaired) electrons. The van der Waals surface area contributed by atoms with Crippen molar-refractivity contribution in [1.82, 2.24) is 4.57 Å². The van der Waals surface area contributed by atoms with Crippen molar-refractivity contribution in [3.8, 4) is 0 Å². The molecule has 0 spiro atoms. The van der Waals surface area contributed by atoms with Crippen molar-refractivity contribution in [3.05, 3.63) is 106 Å². The van der Waals surface area contributed by atoms with Crippen LogP contribution in [0.3, 0.4) is 0 Å². The van der Waals surface area contributed by atoms with Crippen LogP contribution in [0, 0.1) is 0 Å². The molecule has 0 aliphatic heterocycles. The van der Waals surface area contributed by atoms with Gasteiger partial charge in [0.25, 0.3) is 0 Å². The molecule has 0 bridgehead atoms. The van der Waals surface area contributed by atoms with Gasteiger partial charge in [-0.2, -0.15) is 0 Å². The molecule has 0 saturated heterocycles. The van der Waals surface area contributed by atoms with Crippen LogP contribution in [0.2, 0.25) is 10.0 Å². The van der Waals surface area contributed by atoms with Gasteiger partial charge in [0.15, 0.2) is 0 Å². The number of fused-ring (bicyclic) bond motifs is 1. The highest BCUT2D eigenvalue weighted by molar-refractivity contribution is 6.42. The SMILES string of the molecule is Clc1cc2ccn(C(c3ccccc3)c3ccccc3)c2cc1Cl. The first kappa shape index (κ1) is 15.3. The Bertz CT molecular complexity index is 935. The first-order valence-corrected chi connectivity index (χ1v) is 8.55. The molecular formula is C21H15Cl2N. The molecule has 0 aliphatic carbocycles.